The molecule has 0 aliphatic rings. The van der Waals surface area contributed by atoms with Gasteiger partial charge in [0.1, 0.15) is 0 Å². The van der Waals surface area contributed by atoms with Gasteiger partial charge in [-0.3, -0.25) is 9.59 Å². The molecular weight excluding hydrogens is 348 g/mol. The quantitative estimate of drug-likeness (QED) is 0.694. The summed E-state index contributed by atoms with van der Waals surface area (Å²) in [5.41, 5.74) is 1.89. The summed E-state index contributed by atoms with van der Waals surface area (Å²) in [6.07, 6.45) is 0. The Bertz CT molecular complexity index is 795. The number of hydrogen-bond donors (Lipinski definition) is 2. The average molecular weight is 372 g/mol. The van der Waals surface area contributed by atoms with Crippen LogP contribution >= 0.6 is 0 Å². The standard InChI is InChI=1S/C20H24N2O5/c1-13-7-5-6-8-15(13)20(24)22-10-9-21-19(23)14-11-16(25-2)18(27-4)17(12-14)26-3/h5-8,11-12H,9-10H2,1-4H3,(H,21,23)(H,22,24). The van der Waals surface area contributed by atoms with Gasteiger partial charge in [0, 0.05) is 24.2 Å². The van der Waals surface area contributed by atoms with Crippen LogP contribution in [0.25, 0.3) is 0 Å². The second-order valence-corrected chi connectivity index (χ2v) is 5.74. The number of aryl methyl sites for hydroxylation is 1. The van der Waals surface area contributed by atoms with Crippen LogP contribution in [0.4, 0.5) is 0 Å². The molecule has 0 saturated carbocycles. The van der Waals surface area contributed by atoms with Crippen molar-refractivity contribution in [2.24, 2.45) is 0 Å². The SMILES string of the molecule is COc1cc(C(=O)NCCNC(=O)c2ccccc2C)cc(OC)c1OC. The summed E-state index contributed by atoms with van der Waals surface area (Å²) in [5.74, 6) is 0.737. The number of nitrogens with one attached hydrogen (secondary N) is 2. The number of methoxy groups -OCH3 is 3. The molecule has 2 aromatic rings. The zero-order chi connectivity index (χ0) is 19.8. The van der Waals surface area contributed by atoms with Crippen LogP contribution in [0.1, 0.15) is 26.3 Å². The molecule has 7 heteroatoms. The van der Waals surface area contributed by atoms with Crippen LogP contribution in [0, 0.1) is 6.92 Å². The summed E-state index contributed by atoms with van der Waals surface area (Å²) in [4.78, 5) is 24.5. The van der Waals surface area contributed by atoms with Gasteiger partial charge in [0.15, 0.2) is 11.5 Å². The van der Waals surface area contributed by atoms with Crippen LogP contribution in [0.2, 0.25) is 0 Å². The lowest BCUT2D eigenvalue weighted by atomic mass is 10.1. The summed E-state index contributed by atoms with van der Waals surface area (Å²) in [5, 5.41) is 5.54. The fourth-order valence-corrected chi connectivity index (χ4v) is 2.59. The Morgan fingerprint density at radius 1 is 0.852 bits per heavy atom. The Hall–Kier alpha value is -3.22. The van der Waals surface area contributed by atoms with Crippen LogP contribution in [-0.2, 0) is 0 Å². The molecule has 0 unspecified atom stereocenters. The summed E-state index contributed by atoms with van der Waals surface area (Å²) in [7, 11) is 4.47. The van der Waals surface area contributed by atoms with Crippen LogP contribution < -0.4 is 24.8 Å². The van der Waals surface area contributed by atoms with Gasteiger partial charge in [-0.15, -0.1) is 0 Å². The maximum absolute atomic E-state index is 12.4. The maximum atomic E-state index is 12.4. The van der Waals surface area contributed by atoms with E-state index in [0.717, 1.165) is 5.56 Å². The van der Waals surface area contributed by atoms with E-state index in [1.165, 1.54) is 21.3 Å². The lowest BCUT2D eigenvalue weighted by Crippen LogP contribution is -2.35. The highest BCUT2D eigenvalue weighted by Crippen LogP contribution is 2.38. The van der Waals surface area contributed by atoms with Gasteiger partial charge in [-0.05, 0) is 30.7 Å². The Balaban J connectivity index is 1.94. The van der Waals surface area contributed by atoms with Crippen molar-refractivity contribution >= 4 is 11.8 Å². The predicted octanol–water partition coefficient (Wildman–Crippen LogP) is 2.18. The van der Waals surface area contributed by atoms with E-state index in [9.17, 15) is 9.59 Å². The van der Waals surface area contributed by atoms with E-state index in [1.54, 1.807) is 18.2 Å². The summed E-state index contributed by atoms with van der Waals surface area (Å²) in [6.45, 7) is 2.47. The minimum atomic E-state index is -0.306. The van der Waals surface area contributed by atoms with Crippen molar-refractivity contribution in [2.45, 2.75) is 6.92 Å². The first-order valence-electron chi connectivity index (χ1n) is 8.43. The maximum Gasteiger partial charge on any atom is 0.251 e. The van der Waals surface area contributed by atoms with Crippen LogP contribution in [-0.4, -0.2) is 46.2 Å². The molecule has 0 spiro atoms. The molecule has 2 rings (SSSR count). The molecule has 0 aliphatic heterocycles. The average Bonchev–Trinajstić information content (AvgIpc) is 2.69. The molecule has 0 fully saturated rings. The van der Waals surface area contributed by atoms with E-state index >= 15 is 0 Å². The van der Waals surface area contributed by atoms with E-state index in [-0.39, 0.29) is 18.4 Å². The number of hydrogen-bond acceptors (Lipinski definition) is 5. The van der Waals surface area contributed by atoms with Gasteiger partial charge in [-0.25, -0.2) is 0 Å². The van der Waals surface area contributed by atoms with Gasteiger partial charge in [0.25, 0.3) is 11.8 Å². The van der Waals surface area contributed by atoms with Crippen molar-refractivity contribution in [3.63, 3.8) is 0 Å². The topological polar surface area (TPSA) is 85.9 Å². The third kappa shape index (κ3) is 4.91. The molecule has 0 heterocycles. The first kappa shape index (κ1) is 20.1. The highest BCUT2D eigenvalue weighted by Gasteiger charge is 2.16. The highest BCUT2D eigenvalue weighted by molar-refractivity contribution is 5.96. The van der Waals surface area contributed by atoms with E-state index in [1.807, 2.05) is 25.1 Å². The van der Waals surface area contributed by atoms with Crippen molar-refractivity contribution in [1.29, 1.82) is 0 Å². The van der Waals surface area contributed by atoms with Gasteiger partial charge < -0.3 is 24.8 Å². The predicted molar refractivity (Wildman–Crippen MR) is 102 cm³/mol. The molecule has 27 heavy (non-hydrogen) atoms. The van der Waals surface area contributed by atoms with Crippen molar-refractivity contribution in [3.8, 4) is 17.2 Å². The normalized spacial score (nSPS) is 10.1. The second-order valence-electron chi connectivity index (χ2n) is 5.74. The number of carbonyl (C=O) groups excluding carboxylic acids is 2. The van der Waals surface area contributed by atoms with Crippen molar-refractivity contribution in [1.82, 2.24) is 10.6 Å². The molecule has 0 radical (unpaired) electrons. The minimum absolute atomic E-state index is 0.171. The van der Waals surface area contributed by atoms with Crippen LogP contribution in [0.3, 0.4) is 0 Å². The van der Waals surface area contributed by atoms with E-state index < -0.39 is 0 Å². The van der Waals surface area contributed by atoms with Crippen LogP contribution in [0.5, 0.6) is 17.2 Å². The first-order chi connectivity index (χ1) is 13.0. The monoisotopic (exact) mass is 372 g/mol. The zero-order valence-corrected chi connectivity index (χ0v) is 15.9. The lowest BCUT2D eigenvalue weighted by molar-refractivity contribution is 0.0927. The third-order valence-corrected chi connectivity index (χ3v) is 4.01. The van der Waals surface area contributed by atoms with E-state index in [4.69, 9.17) is 14.2 Å². The van der Waals surface area contributed by atoms with E-state index in [2.05, 4.69) is 10.6 Å². The Kier molecular flexibility index (Phi) is 7.05. The summed E-state index contributed by atoms with van der Waals surface area (Å²) in [6, 6.07) is 10.5. The van der Waals surface area contributed by atoms with Crippen LogP contribution in [0.15, 0.2) is 36.4 Å². The van der Waals surface area contributed by atoms with Gasteiger partial charge in [0.05, 0.1) is 21.3 Å². The second kappa shape index (κ2) is 9.47. The van der Waals surface area contributed by atoms with Gasteiger partial charge in [0.2, 0.25) is 5.75 Å². The molecule has 144 valence electrons. The van der Waals surface area contributed by atoms with Crippen molar-refractivity contribution < 1.29 is 23.8 Å². The lowest BCUT2D eigenvalue weighted by Gasteiger charge is -2.14. The van der Waals surface area contributed by atoms with Gasteiger partial charge >= 0.3 is 0 Å². The smallest absolute Gasteiger partial charge is 0.251 e. The summed E-state index contributed by atoms with van der Waals surface area (Å²) < 4.78 is 15.7. The fraction of sp³-hybridized carbons (Fsp3) is 0.300. The fourth-order valence-electron chi connectivity index (χ4n) is 2.59. The highest BCUT2D eigenvalue weighted by atomic mass is 16.5. The third-order valence-electron chi connectivity index (χ3n) is 4.01. The number of ether oxygens (including phenoxy) is 3. The molecule has 0 saturated heterocycles. The molecule has 0 aliphatic carbocycles. The Morgan fingerprint density at radius 2 is 1.41 bits per heavy atom. The Morgan fingerprint density at radius 3 is 1.93 bits per heavy atom. The molecule has 2 N–H and O–H groups in total. The molecule has 2 aromatic carbocycles. The molecule has 0 bridgehead atoms. The number of benzene rings is 2. The number of amides is 2. The Labute approximate surface area is 158 Å². The van der Waals surface area contributed by atoms with Gasteiger partial charge in [-0.2, -0.15) is 0 Å². The first-order valence-corrected chi connectivity index (χ1v) is 8.43. The summed E-state index contributed by atoms with van der Waals surface area (Å²) >= 11 is 0. The molecule has 0 aromatic heterocycles. The largest absolute Gasteiger partial charge is 0.493 e. The number of carbonyl (C=O) groups is 2. The van der Waals surface area contributed by atoms with Crippen molar-refractivity contribution in [2.75, 3.05) is 34.4 Å². The van der Waals surface area contributed by atoms with E-state index in [0.29, 0.717) is 34.9 Å². The minimum Gasteiger partial charge on any atom is -0.493 e. The number of rotatable bonds is 8. The molecule has 0 atom stereocenters. The molecule has 7 nitrogen and oxygen atoms in total. The molecular formula is C20H24N2O5. The van der Waals surface area contributed by atoms with Gasteiger partial charge in [-0.1, -0.05) is 18.2 Å². The molecule has 2 amide bonds. The zero-order valence-electron chi connectivity index (χ0n) is 15.9. The van der Waals surface area contributed by atoms with Crippen molar-refractivity contribution in [3.05, 3.63) is 53.1 Å².